The Bertz CT molecular complexity index is 1340. The van der Waals surface area contributed by atoms with Gasteiger partial charge >= 0.3 is 6.11 Å². The minimum atomic E-state index is -3.61. The second-order valence-electron chi connectivity index (χ2n) is 9.33. The minimum absolute atomic E-state index is 0.0335. The number of unbranched alkanes of at least 4 members (excludes halogenated alkanes) is 2. The zero-order valence-electron chi connectivity index (χ0n) is 21.3. The van der Waals surface area contributed by atoms with Gasteiger partial charge in [-0.15, -0.1) is 0 Å². The first-order valence-electron chi connectivity index (χ1n) is 12.6. The van der Waals surface area contributed by atoms with Gasteiger partial charge in [0.1, 0.15) is 11.6 Å². The molecule has 0 aliphatic heterocycles. The van der Waals surface area contributed by atoms with Crippen molar-refractivity contribution in [1.82, 2.24) is 0 Å². The van der Waals surface area contributed by atoms with E-state index in [1.165, 1.54) is 73.9 Å². The molecule has 4 aromatic rings. The lowest BCUT2D eigenvalue weighted by molar-refractivity contribution is -0.185. The van der Waals surface area contributed by atoms with Crippen molar-refractivity contribution in [1.29, 1.82) is 0 Å². The first-order valence-corrected chi connectivity index (χ1v) is 12.6. The van der Waals surface area contributed by atoms with Crippen molar-refractivity contribution < 1.29 is 26.7 Å². The normalized spacial score (nSPS) is 11.7. The number of aryl methyl sites for hydroxylation is 2. The number of hydrogen-bond donors (Lipinski definition) is 0. The van der Waals surface area contributed by atoms with Crippen molar-refractivity contribution >= 4 is 0 Å². The van der Waals surface area contributed by atoms with Crippen molar-refractivity contribution in [2.75, 3.05) is 0 Å². The Kier molecular flexibility index (Phi) is 8.50. The molecule has 0 atom stereocenters. The van der Waals surface area contributed by atoms with Gasteiger partial charge in [0.05, 0.1) is 11.1 Å². The molecule has 38 heavy (non-hydrogen) atoms. The molecular weight excluding hydrogens is 495 g/mol. The van der Waals surface area contributed by atoms with Crippen LogP contribution < -0.4 is 4.74 Å². The Hall–Kier alpha value is -3.67. The molecule has 0 saturated heterocycles. The molecule has 0 bridgehead atoms. The predicted octanol–water partition coefficient (Wildman–Crippen LogP) is 10.3. The topological polar surface area (TPSA) is 9.23 Å². The molecule has 0 aliphatic rings. The van der Waals surface area contributed by atoms with Gasteiger partial charge < -0.3 is 4.74 Å². The first-order chi connectivity index (χ1) is 18.2. The average molecular weight is 525 g/mol. The molecule has 198 valence electrons. The van der Waals surface area contributed by atoms with Gasteiger partial charge in [0.25, 0.3) is 6.43 Å². The number of ether oxygens (including phenoxy) is 1. The van der Waals surface area contributed by atoms with E-state index in [0.29, 0.717) is 0 Å². The van der Waals surface area contributed by atoms with Crippen molar-refractivity contribution in [2.24, 2.45) is 0 Å². The van der Waals surface area contributed by atoms with E-state index in [1.54, 1.807) is 12.1 Å². The molecule has 0 aromatic heterocycles. The van der Waals surface area contributed by atoms with Gasteiger partial charge in [-0.2, -0.15) is 8.78 Å². The van der Waals surface area contributed by atoms with Gasteiger partial charge in [-0.1, -0.05) is 80.4 Å². The van der Waals surface area contributed by atoms with Crippen molar-refractivity contribution in [3.8, 4) is 28.0 Å². The maximum absolute atomic E-state index is 14.9. The number of halogens is 5. The number of alkyl halides is 4. The fourth-order valence-electron chi connectivity index (χ4n) is 4.39. The van der Waals surface area contributed by atoms with Crippen molar-refractivity contribution in [2.45, 2.75) is 52.1 Å². The second-order valence-corrected chi connectivity index (χ2v) is 9.33. The van der Waals surface area contributed by atoms with Gasteiger partial charge in [-0.05, 0) is 71.8 Å². The summed E-state index contributed by atoms with van der Waals surface area (Å²) in [6.07, 6.45) is -2.04. The zero-order valence-corrected chi connectivity index (χ0v) is 21.3. The fourth-order valence-corrected chi connectivity index (χ4v) is 4.39. The number of benzene rings is 4. The van der Waals surface area contributed by atoms with Crippen LogP contribution in [-0.4, -0.2) is 0 Å². The van der Waals surface area contributed by atoms with Crippen LogP contribution in [0.4, 0.5) is 22.0 Å². The van der Waals surface area contributed by atoms with Crippen LogP contribution in [0.3, 0.4) is 0 Å². The highest BCUT2D eigenvalue weighted by Gasteiger charge is 2.34. The summed E-state index contributed by atoms with van der Waals surface area (Å²) in [5, 5.41) is 0. The van der Waals surface area contributed by atoms with Crippen LogP contribution in [0, 0.1) is 12.7 Å². The summed E-state index contributed by atoms with van der Waals surface area (Å²) in [7, 11) is 0. The molecule has 0 N–H and O–H groups in total. The lowest BCUT2D eigenvalue weighted by Gasteiger charge is -2.19. The molecule has 4 aromatic carbocycles. The van der Waals surface area contributed by atoms with E-state index in [0.717, 1.165) is 24.0 Å². The Labute approximate surface area is 219 Å². The van der Waals surface area contributed by atoms with Crippen molar-refractivity contribution in [3.05, 3.63) is 113 Å². The molecule has 0 heterocycles. The lowest BCUT2D eigenvalue weighted by atomic mass is 9.98. The third-order valence-corrected chi connectivity index (χ3v) is 6.60. The molecule has 4 rings (SSSR count). The maximum atomic E-state index is 14.9. The molecule has 0 radical (unpaired) electrons. The monoisotopic (exact) mass is 524 g/mol. The Morgan fingerprint density at radius 3 is 1.89 bits per heavy atom. The predicted molar refractivity (Wildman–Crippen MR) is 141 cm³/mol. The van der Waals surface area contributed by atoms with Crippen LogP contribution in [0.5, 0.6) is 5.75 Å². The summed E-state index contributed by atoms with van der Waals surface area (Å²) in [4.78, 5) is 0. The Balaban J connectivity index is 1.45. The van der Waals surface area contributed by atoms with Crippen LogP contribution >= 0.6 is 0 Å². The van der Waals surface area contributed by atoms with Crippen molar-refractivity contribution in [3.63, 3.8) is 0 Å². The van der Waals surface area contributed by atoms with Gasteiger partial charge in [-0.3, -0.25) is 0 Å². The van der Waals surface area contributed by atoms with Crippen LogP contribution in [-0.2, 0) is 12.5 Å². The average Bonchev–Trinajstić information content (AvgIpc) is 2.90. The van der Waals surface area contributed by atoms with Crippen LogP contribution in [0.2, 0.25) is 0 Å². The summed E-state index contributed by atoms with van der Waals surface area (Å²) >= 11 is 0. The van der Waals surface area contributed by atoms with E-state index in [2.05, 4.69) is 19.1 Å². The van der Waals surface area contributed by atoms with Gasteiger partial charge in [0, 0.05) is 5.56 Å². The van der Waals surface area contributed by atoms with E-state index in [9.17, 15) is 22.0 Å². The Morgan fingerprint density at radius 2 is 1.32 bits per heavy atom. The molecule has 0 saturated carbocycles. The highest BCUT2D eigenvalue weighted by Crippen LogP contribution is 2.36. The number of rotatable bonds is 10. The lowest BCUT2D eigenvalue weighted by Crippen LogP contribution is -2.21. The minimum Gasteiger partial charge on any atom is -0.429 e. The molecule has 0 spiro atoms. The second kappa shape index (κ2) is 11.8. The summed E-state index contributed by atoms with van der Waals surface area (Å²) in [6, 6.07) is 22.1. The maximum Gasteiger partial charge on any atom is 0.426 e. The molecule has 0 amide bonds. The zero-order chi connectivity index (χ0) is 27.3. The summed E-state index contributed by atoms with van der Waals surface area (Å²) in [6.45, 7) is 3.58. The number of hydrogen-bond acceptors (Lipinski definition) is 1. The summed E-state index contributed by atoms with van der Waals surface area (Å²) in [5.41, 5.74) is 2.42. The van der Waals surface area contributed by atoms with E-state index in [-0.39, 0.29) is 28.0 Å². The molecule has 6 heteroatoms. The first kappa shape index (κ1) is 27.4. The molecule has 0 aliphatic carbocycles. The highest BCUT2D eigenvalue weighted by molar-refractivity contribution is 5.67. The molecule has 0 fully saturated rings. The van der Waals surface area contributed by atoms with E-state index in [4.69, 9.17) is 4.74 Å². The largest absolute Gasteiger partial charge is 0.429 e. The SMILES string of the molecule is CCCCCc1ccc(-c2ccc(C(F)(F)Oc3ccc(-c4ccc(C)c(C(F)F)c4F)cc3)cc2)cc1. The fraction of sp³-hybridized carbons (Fsp3) is 0.250. The summed E-state index contributed by atoms with van der Waals surface area (Å²) < 4.78 is 75.9. The Morgan fingerprint density at radius 1 is 0.737 bits per heavy atom. The standard InChI is InChI=1S/C32H29F5O/c1-3-4-5-6-22-8-10-23(11-9-22)24-12-16-26(17-13-24)32(36,37)38-27-18-14-25(15-19-27)28-20-7-21(2)29(30(28)33)31(34)35/h7-20,31H,3-6H2,1-2H3. The summed E-state index contributed by atoms with van der Waals surface area (Å²) in [5.74, 6) is -1.16. The van der Waals surface area contributed by atoms with Gasteiger partial charge in [0.2, 0.25) is 0 Å². The highest BCUT2D eigenvalue weighted by atomic mass is 19.3. The van der Waals surface area contributed by atoms with E-state index < -0.39 is 23.9 Å². The third kappa shape index (κ3) is 6.24. The van der Waals surface area contributed by atoms with E-state index >= 15 is 0 Å². The van der Waals surface area contributed by atoms with Crippen LogP contribution in [0.25, 0.3) is 22.3 Å². The quantitative estimate of drug-likeness (QED) is 0.148. The van der Waals surface area contributed by atoms with Gasteiger partial charge in [0.15, 0.2) is 0 Å². The van der Waals surface area contributed by atoms with Crippen LogP contribution in [0.1, 0.15) is 54.9 Å². The van der Waals surface area contributed by atoms with E-state index in [1.807, 2.05) is 12.1 Å². The van der Waals surface area contributed by atoms with Crippen LogP contribution in [0.15, 0.2) is 84.9 Å². The molecule has 1 nitrogen and oxygen atoms in total. The molecular formula is C32H29F5O. The smallest absolute Gasteiger partial charge is 0.426 e. The third-order valence-electron chi connectivity index (χ3n) is 6.60. The molecule has 0 unspecified atom stereocenters. The van der Waals surface area contributed by atoms with Gasteiger partial charge in [-0.25, -0.2) is 13.2 Å².